The molecule has 0 aliphatic rings. The smallest absolute Gasteiger partial charge is 0.120 e. The molecule has 0 aliphatic heterocycles. The first kappa shape index (κ1) is 14.5. The van der Waals surface area contributed by atoms with Gasteiger partial charge in [-0.15, -0.1) is 0 Å². The van der Waals surface area contributed by atoms with E-state index in [0.717, 1.165) is 35.9 Å². The van der Waals surface area contributed by atoms with Gasteiger partial charge in [-0.05, 0) is 31.0 Å². The van der Waals surface area contributed by atoms with Gasteiger partial charge in [-0.3, -0.25) is 0 Å². The van der Waals surface area contributed by atoms with Crippen LogP contribution in [0.15, 0.2) is 28.7 Å². The second-order valence-electron chi connectivity index (χ2n) is 4.47. The van der Waals surface area contributed by atoms with Crippen LogP contribution in [-0.4, -0.2) is 17.3 Å². The topological polar surface area (TPSA) is 29.5 Å². The largest absolute Gasteiger partial charge is 0.491 e. The molecule has 0 heterocycles. The lowest BCUT2D eigenvalue weighted by molar-refractivity contribution is -0.0202. The molecule has 0 amide bonds. The van der Waals surface area contributed by atoms with Crippen molar-refractivity contribution < 1.29 is 9.84 Å². The van der Waals surface area contributed by atoms with Gasteiger partial charge in [0.15, 0.2) is 0 Å². The second kappa shape index (κ2) is 7.02. The third-order valence-electron chi connectivity index (χ3n) is 2.73. The summed E-state index contributed by atoms with van der Waals surface area (Å²) in [6, 6.07) is 7.70. The standard InChI is InChI=1S/C14H21BrO2/c1-3-8-14(16,9-4-2)11-17-13-7-5-6-12(15)10-13/h5-7,10,16H,3-4,8-9,11H2,1-2H3. The van der Waals surface area contributed by atoms with Crippen LogP contribution in [0.1, 0.15) is 39.5 Å². The molecular formula is C14H21BrO2. The Labute approximate surface area is 112 Å². The Morgan fingerprint density at radius 2 is 1.88 bits per heavy atom. The van der Waals surface area contributed by atoms with E-state index in [1.165, 1.54) is 0 Å². The van der Waals surface area contributed by atoms with Gasteiger partial charge in [-0.2, -0.15) is 0 Å². The van der Waals surface area contributed by atoms with Gasteiger partial charge < -0.3 is 9.84 Å². The summed E-state index contributed by atoms with van der Waals surface area (Å²) in [6.07, 6.45) is 3.51. The minimum absolute atomic E-state index is 0.366. The fraction of sp³-hybridized carbons (Fsp3) is 0.571. The van der Waals surface area contributed by atoms with E-state index in [9.17, 15) is 5.11 Å². The van der Waals surface area contributed by atoms with E-state index in [0.29, 0.717) is 6.61 Å². The highest BCUT2D eigenvalue weighted by Crippen LogP contribution is 2.23. The van der Waals surface area contributed by atoms with Gasteiger partial charge in [0, 0.05) is 4.47 Å². The van der Waals surface area contributed by atoms with Crippen LogP contribution in [0.5, 0.6) is 5.75 Å². The average Bonchev–Trinajstić information content (AvgIpc) is 2.27. The molecule has 17 heavy (non-hydrogen) atoms. The number of rotatable bonds is 7. The molecule has 0 saturated heterocycles. The average molecular weight is 301 g/mol. The summed E-state index contributed by atoms with van der Waals surface area (Å²) < 4.78 is 6.67. The molecule has 0 atom stereocenters. The molecular weight excluding hydrogens is 280 g/mol. The molecule has 0 saturated carbocycles. The van der Waals surface area contributed by atoms with Crippen molar-refractivity contribution in [3.63, 3.8) is 0 Å². The van der Waals surface area contributed by atoms with Crippen molar-refractivity contribution in [3.8, 4) is 5.75 Å². The molecule has 1 aromatic rings. The Kier molecular flexibility index (Phi) is 6.00. The van der Waals surface area contributed by atoms with E-state index >= 15 is 0 Å². The normalized spacial score (nSPS) is 11.5. The maximum Gasteiger partial charge on any atom is 0.120 e. The van der Waals surface area contributed by atoms with Crippen LogP contribution in [0.25, 0.3) is 0 Å². The Bertz CT molecular complexity index is 333. The van der Waals surface area contributed by atoms with E-state index in [-0.39, 0.29) is 0 Å². The summed E-state index contributed by atoms with van der Waals surface area (Å²) in [6.45, 7) is 4.53. The summed E-state index contributed by atoms with van der Waals surface area (Å²) >= 11 is 3.40. The number of hydrogen-bond acceptors (Lipinski definition) is 2. The number of hydrogen-bond donors (Lipinski definition) is 1. The Balaban J connectivity index is 2.57. The molecule has 0 bridgehead atoms. The first-order chi connectivity index (χ1) is 8.09. The summed E-state index contributed by atoms with van der Waals surface area (Å²) in [7, 11) is 0. The Morgan fingerprint density at radius 1 is 1.24 bits per heavy atom. The maximum atomic E-state index is 10.4. The van der Waals surface area contributed by atoms with Crippen molar-refractivity contribution in [3.05, 3.63) is 28.7 Å². The maximum absolute atomic E-state index is 10.4. The molecule has 1 rings (SSSR count). The minimum atomic E-state index is -0.689. The zero-order chi connectivity index (χ0) is 12.7. The van der Waals surface area contributed by atoms with Gasteiger partial charge in [0.25, 0.3) is 0 Å². The summed E-state index contributed by atoms with van der Waals surface area (Å²) in [5, 5.41) is 10.4. The minimum Gasteiger partial charge on any atom is -0.491 e. The molecule has 0 fully saturated rings. The third-order valence-corrected chi connectivity index (χ3v) is 3.23. The zero-order valence-corrected chi connectivity index (χ0v) is 12.2. The van der Waals surface area contributed by atoms with Crippen LogP contribution in [0.4, 0.5) is 0 Å². The number of ether oxygens (including phenoxy) is 1. The van der Waals surface area contributed by atoms with Gasteiger partial charge in [-0.1, -0.05) is 48.7 Å². The molecule has 0 radical (unpaired) electrons. The number of aliphatic hydroxyl groups is 1. The quantitative estimate of drug-likeness (QED) is 0.819. The van der Waals surface area contributed by atoms with E-state index in [4.69, 9.17) is 4.74 Å². The summed E-state index contributed by atoms with van der Waals surface area (Å²) in [4.78, 5) is 0. The van der Waals surface area contributed by atoms with E-state index in [1.807, 2.05) is 24.3 Å². The predicted octanol–water partition coefficient (Wildman–Crippen LogP) is 4.16. The molecule has 0 unspecified atom stereocenters. The summed E-state index contributed by atoms with van der Waals surface area (Å²) in [5.41, 5.74) is -0.689. The molecule has 0 aliphatic carbocycles. The zero-order valence-electron chi connectivity index (χ0n) is 10.6. The fourth-order valence-corrected chi connectivity index (χ4v) is 2.35. The van der Waals surface area contributed by atoms with E-state index in [1.54, 1.807) is 0 Å². The highest BCUT2D eigenvalue weighted by Gasteiger charge is 2.25. The van der Waals surface area contributed by atoms with Crippen LogP contribution in [0.2, 0.25) is 0 Å². The SMILES string of the molecule is CCCC(O)(CCC)COc1cccc(Br)c1. The van der Waals surface area contributed by atoms with Crippen molar-refractivity contribution in [2.45, 2.75) is 45.1 Å². The molecule has 0 aromatic heterocycles. The van der Waals surface area contributed by atoms with Crippen molar-refractivity contribution in [2.75, 3.05) is 6.61 Å². The van der Waals surface area contributed by atoms with Gasteiger partial charge in [0.2, 0.25) is 0 Å². The third kappa shape index (κ3) is 5.09. The van der Waals surface area contributed by atoms with Gasteiger partial charge in [-0.25, -0.2) is 0 Å². The lowest BCUT2D eigenvalue weighted by atomic mass is 9.94. The lowest BCUT2D eigenvalue weighted by Gasteiger charge is -2.27. The Hall–Kier alpha value is -0.540. The number of halogens is 1. The van der Waals surface area contributed by atoms with Crippen LogP contribution in [-0.2, 0) is 0 Å². The highest BCUT2D eigenvalue weighted by molar-refractivity contribution is 9.10. The second-order valence-corrected chi connectivity index (χ2v) is 5.39. The summed E-state index contributed by atoms with van der Waals surface area (Å²) in [5.74, 6) is 0.796. The first-order valence-electron chi connectivity index (χ1n) is 6.20. The van der Waals surface area contributed by atoms with Crippen LogP contribution < -0.4 is 4.74 Å². The highest BCUT2D eigenvalue weighted by atomic mass is 79.9. The van der Waals surface area contributed by atoms with Crippen LogP contribution in [0.3, 0.4) is 0 Å². The van der Waals surface area contributed by atoms with Crippen molar-refractivity contribution in [1.29, 1.82) is 0 Å². The fourth-order valence-electron chi connectivity index (χ4n) is 1.97. The molecule has 96 valence electrons. The molecule has 1 aromatic carbocycles. The van der Waals surface area contributed by atoms with E-state index < -0.39 is 5.60 Å². The van der Waals surface area contributed by atoms with Gasteiger partial charge in [0.05, 0.1) is 5.60 Å². The number of benzene rings is 1. The molecule has 2 nitrogen and oxygen atoms in total. The van der Waals surface area contributed by atoms with Crippen molar-refractivity contribution in [1.82, 2.24) is 0 Å². The van der Waals surface area contributed by atoms with Crippen LogP contribution >= 0.6 is 15.9 Å². The van der Waals surface area contributed by atoms with Crippen molar-refractivity contribution >= 4 is 15.9 Å². The predicted molar refractivity (Wildman–Crippen MR) is 74.4 cm³/mol. The van der Waals surface area contributed by atoms with E-state index in [2.05, 4.69) is 29.8 Å². The monoisotopic (exact) mass is 300 g/mol. The van der Waals surface area contributed by atoms with Crippen LogP contribution in [0, 0.1) is 0 Å². The van der Waals surface area contributed by atoms with Crippen molar-refractivity contribution in [2.24, 2.45) is 0 Å². The van der Waals surface area contributed by atoms with Gasteiger partial charge in [0.1, 0.15) is 12.4 Å². The van der Waals surface area contributed by atoms with Gasteiger partial charge >= 0.3 is 0 Å². The first-order valence-corrected chi connectivity index (χ1v) is 6.99. The molecule has 3 heteroatoms. The molecule has 1 N–H and O–H groups in total. The lowest BCUT2D eigenvalue weighted by Crippen LogP contribution is -2.35. The molecule has 0 spiro atoms. The Morgan fingerprint density at radius 3 is 2.41 bits per heavy atom.